The number of carbonyl (C=O) groups excluding carboxylic acids is 1. The Kier molecular flexibility index (Phi) is 3.27. The van der Waals surface area contributed by atoms with Crippen LogP contribution in [0.25, 0.3) is 11.1 Å². The lowest BCUT2D eigenvalue weighted by molar-refractivity contribution is 0.0956. The van der Waals surface area contributed by atoms with E-state index in [0.717, 1.165) is 10.1 Å². The molecule has 6 nitrogen and oxygen atoms in total. The SMILES string of the molecule is Cc1cccc2oc(=O)n(C(=O)c3cc(Cl)nnc3Cl)c12. The first-order valence-corrected chi connectivity index (χ1v) is 6.59. The molecule has 0 aliphatic heterocycles. The van der Waals surface area contributed by atoms with Crippen molar-refractivity contribution in [3.63, 3.8) is 0 Å². The topological polar surface area (TPSA) is 78.0 Å². The fraction of sp³-hybridized carbons (Fsp3) is 0.0769. The Hall–Kier alpha value is -2.18. The molecule has 0 bridgehead atoms. The third-order valence-corrected chi connectivity index (χ3v) is 3.42. The zero-order chi connectivity index (χ0) is 15.1. The third-order valence-electron chi connectivity index (χ3n) is 2.96. The molecule has 0 atom stereocenters. The van der Waals surface area contributed by atoms with Crippen molar-refractivity contribution in [1.29, 1.82) is 0 Å². The molecule has 21 heavy (non-hydrogen) atoms. The minimum absolute atomic E-state index is 0.000298. The van der Waals surface area contributed by atoms with E-state index >= 15 is 0 Å². The van der Waals surface area contributed by atoms with E-state index in [1.165, 1.54) is 6.07 Å². The second-order valence-electron chi connectivity index (χ2n) is 4.30. The molecule has 0 unspecified atom stereocenters. The molecule has 3 rings (SSSR count). The molecular weight excluding hydrogens is 317 g/mol. The van der Waals surface area contributed by atoms with Crippen LogP contribution in [0, 0.1) is 6.92 Å². The number of hydrogen-bond donors (Lipinski definition) is 0. The summed E-state index contributed by atoms with van der Waals surface area (Å²) in [6, 6.07) is 6.35. The van der Waals surface area contributed by atoms with Gasteiger partial charge in [-0.2, -0.15) is 0 Å². The molecule has 8 heteroatoms. The summed E-state index contributed by atoms with van der Waals surface area (Å²) >= 11 is 11.6. The van der Waals surface area contributed by atoms with Gasteiger partial charge in [0.2, 0.25) is 0 Å². The van der Waals surface area contributed by atoms with Crippen LogP contribution in [0.4, 0.5) is 0 Å². The molecular formula is C13H7Cl2N3O3. The number of aromatic nitrogens is 3. The zero-order valence-corrected chi connectivity index (χ0v) is 12.1. The number of rotatable bonds is 1. The molecule has 0 aliphatic rings. The Morgan fingerprint density at radius 2 is 2.05 bits per heavy atom. The van der Waals surface area contributed by atoms with Gasteiger partial charge in [-0.1, -0.05) is 35.3 Å². The Labute approximate surface area is 127 Å². The van der Waals surface area contributed by atoms with E-state index in [4.69, 9.17) is 27.6 Å². The maximum absolute atomic E-state index is 12.6. The number of para-hydroxylation sites is 1. The van der Waals surface area contributed by atoms with E-state index < -0.39 is 11.7 Å². The summed E-state index contributed by atoms with van der Waals surface area (Å²) in [5.41, 5.74) is 1.40. The molecule has 0 spiro atoms. The predicted octanol–water partition coefficient (Wildman–Crippen LogP) is 2.69. The van der Waals surface area contributed by atoms with Crippen molar-refractivity contribution in [3.8, 4) is 0 Å². The standard InChI is InChI=1S/C13H7Cl2N3O3/c1-6-3-2-4-8-10(6)18(13(20)21-8)12(19)7-5-9(14)16-17-11(7)15/h2-5H,1H3. The Bertz CT molecular complexity index is 930. The first kappa shape index (κ1) is 13.8. The van der Waals surface area contributed by atoms with Gasteiger partial charge in [0, 0.05) is 0 Å². The third kappa shape index (κ3) is 2.22. The molecule has 0 radical (unpaired) electrons. The highest BCUT2D eigenvalue weighted by molar-refractivity contribution is 6.34. The van der Waals surface area contributed by atoms with Gasteiger partial charge in [-0.25, -0.2) is 9.36 Å². The Balaban J connectivity index is 2.30. The minimum atomic E-state index is -0.798. The van der Waals surface area contributed by atoms with Crippen molar-refractivity contribution >= 4 is 40.2 Å². The van der Waals surface area contributed by atoms with E-state index in [-0.39, 0.29) is 15.9 Å². The molecule has 0 saturated heterocycles. The largest absolute Gasteiger partial charge is 0.427 e. The number of aryl methyl sites for hydroxylation is 1. The van der Waals surface area contributed by atoms with Crippen molar-refractivity contribution in [1.82, 2.24) is 14.8 Å². The lowest BCUT2D eigenvalue weighted by Gasteiger charge is -2.04. The van der Waals surface area contributed by atoms with Gasteiger partial charge in [-0.3, -0.25) is 4.79 Å². The summed E-state index contributed by atoms with van der Waals surface area (Å²) < 4.78 is 5.97. The number of oxazole rings is 1. The van der Waals surface area contributed by atoms with E-state index in [2.05, 4.69) is 10.2 Å². The Morgan fingerprint density at radius 1 is 1.29 bits per heavy atom. The number of nitrogens with zero attached hydrogens (tertiary/aromatic N) is 3. The van der Waals surface area contributed by atoms with Crippen LogP contribution in [0.3, 0.4) is 0 Å². The number of carbonyl (C=O) groups is 1. The molecule has 2 aromatic heterocycles. The number of benzene rings is 1. The number of halogens is 2. The quantitative estimate of drug-likeness (QED) is 0.688. The van der Waals surface area contributed by atoms with E-state index in [1.54, 1.807) is 25.1 Å². The molecule has 2 heterocycles. The monoisotopic (exact) mass is 323 g/mol. The Morgan fingerprint density at radius 3 is 2.81 bits per heavy atom. The number of fused-ring (bicyclic) bond motifs is 1. The molecule has 106 valence electrons. The van der Waals surface area contributed by atoms with Crippen LogP contribution in [0.1, 0.15) is 15.9 Å². The zero-order valence-electron chi connectivity index (χ0n) is 10.6. The minimum Gasteiger partial charge on any atom is -0.407 e. The molecule has 0 N–H and O–H groups in total. The molecule has 0 fully saturated rings. The average Bonchev–Trinajstić information content (AvgIpc) is 2.78. The first-order valence-electron chi connectivity index (χ1n) is 5.83. The van der Waals surface area contributed by atoms with E-state index in [9.17, 15) is 9.59 Å². The lowest BCUT2D eigenvalue weighted by Crippen LogP contribution is -2.24. The highest BCUT2D eigenvalue weighted by Crippen LogP contribution is 2.21. The maximum atomic E-state index is 12.6. The molecule has 0 saturated carbocycles. The van der Waals surface area contributed by atoms with Crippen LogP contribution in [0.2, 0.25) is 10.3 Å². The number of hydrogen-bond acceptors (Lipinski definition) is 5. The smallest absolute Gasteiger partial charge is 0.407 e. The van der Waals surface area contributed by atoms with Crippen molar-refractivity contribution in [2.24, 2.45) is 0 Å². The molecule has 1 aromatic carbocycles. The van der Waals surface area contributed by atoms with Gasteiger partial charge in [0.05, 0.1) is 5.56 Å². The summed E-state index contributed by atoms with van der Waals surface area (Å²) in [5.74, 6) is -1.47. The van der Waals surface area contributed by atoms with Gasteiger partial charge in [-0.15, -0.1) is 10.2 Å². The van der Waals surface area contributed by atoms with Crippen LogP contribution in [-0.2, 0) is 0 Å². The summed E-state index contributed by atoms with van der Waals surface area (Å²) in [4.78, 5) is 24.5. The highest BCUT2D eigenvalue weighted by atomic mass is 35.5. The maximum Gasteiger partial charge on any atom is 0.427 e. The van der Waals surface area contributed by atoms with Gasteiger partial charge >= 0.3 is 5.76 Å². The summed E-state index contributed by atoms with van der Waals surface area (Å²) in [6.45, 7) is 1.76. The fourth-order valence-corrected chi connectivity index (χ4v) is 2.36. The van der Waals surface area contributed by atoms with Gasteiger partial charge in [0.25, 0.3) is 5.91 Å². The van der Waals surface area contributed by atoms with Crippen molar-refractivity contribution < 1.29 is 9.21 Å². The molecule has 3 aromatic rings. The summed E-state index contributed by atoms with van der Waals surface area (Å²) in [5, 5.41) is 6.94. The predicted molar refractivity (Wildman–Crippen MR) is 77.0 cm³/mol. The van der Waals surface area contributed by atoms with E-state index in [0.29, 0.717) is 11.1 Å². The van der Waals surface area contributed by atoms with Crippen molar-refractivity contribution in [3.05, 3.63) is 56.2 Å². The summed E-state index contributed by atoms with van der Waals surface area (Å²) in [6.07, 6.45) is 0. The second kappa shape index (κ2) is 4.98. The first-order chi connectivity index (χ1) is 9.99. The van der Waals surface area contributed by atoms with Crippen LogP contribution in [-0.4, -0.2) is 20.7 Å². The van der Waals surface area contributed by atoms with Crippen molar-refractivity contribution in [2.45, 2.75) is 6.92 Å². The van der Waals surface area contributed by atoms with Gasteiger partial charge in [0.1, 0.15) is 5.52 Å². The molecule has 0 amide bonds. The van der Waals surface area contributed by atoms with Crippen LogP contribution < -0.4 is 5.76 Å². The van der Waals surface area contributed by atoms with E-state index in [1.807, 2.05) is 0 Å². The average molecular weight is 324 g/mol. The summed E-state index contributed by atoms with van der Waals surface area (Å²) in [7, 11) is 0. The fourth-order valence-electron chi connectivity index (χ4n) is 2.04. The second-order valence-corrected chi connectivity index (χ2v) is 5.05. The van der Waals surface area contributed by atoms with Gasteiger partial charge in [0.15, 0.2) is 15.9 Å². The van der Waals surface area contributed by atoms with Crippen LogP contribution >= 0.6 is 23.2 Å². The highest BCUT2D eigenvalue weighted by Gasteiger charge is 2.22. The van der Waals surface area contributed by atoms with Crippen molar-refractivity contribution in [2.75, 3.05) is 0 Å². The lowest BCUT2D eigenvalue weighted by atomic mass is 10.2. The normalized spacial score (nSPS) is 11.0. The van der Waals surface area contributed by atoms with Gasteiger partial charge < -0.3 is 4.42 Å². The molecule has 0 aliphatic carbocycles. The van der Waals surface area contributed by atoms with Crippen LogP contribution in [0.15, 0.2) is 33.5 Å². The van der Waals surface area contributed by atoms with Crippen LogP contribution in [0.5, 0.6) is 0 Å². The van der Waals surface area contributed by atoms with Gasteiger partial charge in [-0.05, 0) is 24.6 Å².